The molecule has 35 heavy (non-hydrogen) atoms. The highest BCUT2D eigenvalue weighted by Gasteiger charge is 2.28. The summed E-state index contributed by atoms with van der Waals surface area (Å²) in [5.41, 5.74) is 3.44. The third-order valence-electron chi connectivity index (χ3n) is 6.23. The van der Waals surface area contributed by atoms with E-state index in [9.17, 15) is 13.2 Å². The molecule has 0 spiro atoms. The number of methoxy groups -OCH3 is 1. The fraction of sp³-hybridized carbons (Fsp3) is 0.231. The number of aryl methyl sites for hydroxylation is 1. The summed E-state index contributed by atoms with van der Waals surface area (Å²) >= 11 is 1.41. The van der Waals surface area contributed by atoms with Crippen LogP contribution in [-0.4, -0.2) is 36.9 Å². The maximum atomic E-state index is 13.2. The van der Waals surface area contributed by atoms with Gasteiger partial charge in [-0.1, -0.05) is 41.7 Å². The lowest BCUT2D eigenvalue weighted by Gasteiger charge is -2.28. The monoisotopic (exact) mass is 507 g/mol. The summed E-state index contributed by atoms with van der Waals surface area (Å²) in [6.45, 7) is 3.39. The van der Waals surface area contributed by atoms with Gasteiger partial charge >= 0.3 is 0 Å². The van der Waals surface area contributed by atoms with Crippen molar-refractivity contribution >= 4 is 37.5 Å². The summed E-state index contributed by atoms with van der Waals surface area (Å²) in [4.78, 5) is 18.0. The topological polar surface area (TPSA) is 81.0 Å². The Morgan fingerprint density at radius 3 is 2.49 bits per heavy atom. The van der Waals surface area contributed by atoms with Crippen LogP contribution in [0.15, 0.2) is 76.6 Å². The lowest BCUT2D eigenvalue weighted by molar-refractivity contribution is 0.0997. The van der Waals surface area contributed by atoms with Crippen molar-refractivity contribution in [1.82, 2.24) is 8.87 Å². The average molecular weight is 508 g/mol. The van der Waals surface area contributed by atoms with Gasteiger partial charge in [0.1, 0.15) is 11.3 Å². The molecular weight excluding hydrogens is 482 g/mol. The number of carbonyl (C=O) groups excluding carboxylic acids is 1. The number of fused-ring (bicyclic) bond motifs is 2. The van der Waals surface area contributed by atoms with Crippen molar-refractivity contribution in [3.63, 3.8) is 0 Å². The highest BCUT2D eigenvalue weighted by atomic mass is 32.2. The molecule has 7 nitrogen and oxygen atoms in total. The zero-order valence-electron chi connectivity index (χ0n) is 19.5. The van der Waals surface area contributed by atoms with E-state index in [0.717, 1.165) is 21.5 Å². The second kappa shape index (κ2) is 9.41. The fourth-order valence-electron chi connectivity index (χ4n) is 4.39. The summed E-state index contributed by atoms with van der Waals surface area (Å²) in [7, 11) is -2.05. The Balaban J connectivity index is 1.42. The minimum atomic E-state index is -3.67. The van der Waals surface area contributed by atoms with Crippen LogP contribution < -0.4 is 9.54 Å². The molecule has 2 heterocycles. The van der Waals surface area contributed by atoms with Gasteiger partial charge in [0, 0.05) is 25.2 Å². The van der Waals surface area contributed by atoms with Crippen LogP contribution >= 0.6 is 11.3 Å². The molecule has 0 unspecified atom stereocenters. The van der Waals surface area contributed by atoms with Gasteiger partial charge in [-0.3, -0.25) is 4.79 Å². The van der Waals surface area contributed by atoms with E-state index in [1.54, 1.807) is 7.11 Å². The van der Waals surface area contributed by atoms with Crippen molar-refractivity contribution < 1.29 is 17.9 Å². The number of sulfonamides is 1. The number of carbonyl (C=O) groups is 1. The third kappa shape index (κ3) is 4.31. The van der Waals surface area contributed by atoms with Crippen molar-refractivity contribution in [3.05, 3.63) is 88.2 Å². The molecule has 0 saturated heterocycles. The van der Waals surface area contributed by atoms with Crippen LogP contribution in [0.3, 0.4) is 0 Å². The van der Waals surface area contributed by atoms with Crippen LogP contribution in [0.2, 0.25) is 0 Å². The standard InChI is InChI=1S/C26H25N3O4S2/c1-3-29-24-22(33-2)9-6-10-23(24)34-26(29)27-25(30)19-11-13-21(14-12-19)35(31,32)28-16-15-18-7-4-5-8-20(18)17-28/h4-14H,3,15-17H2,1-2H3. The minimum absolute atomic E-state index is 0.170. The second-order valence-corrected chi connectivity index (χ2v) is 11.2. The van der Waals surface area contributed by atoms with E-state index in [1.165, 1.54) is 45.5 Å². The number of nitrogens with zero attached hydrogens (tertiary/aromatic N) is 3. The number of para-hydroxylation sites is 1. The molecule has 4 aromatic rings. The summed E-state index contributed by atoms with van der Waals surface area (Å²) in [5, 5.41) is 0. The van der Waals surface area contributed by atoms with E-state index in [2.05, 4.69) is 4.99 Å². The minimum Gasteiger partial charge on any atom is -0.495 e. The zero-order valence-corrected chi connectivity index (χ0v) is 21.1. The Hall–Kier alpha value is -3.27. The van der Waals surface area contributed by atoms with Crippen LogP contribution in [0.5, 0.6) is 5.75 Å². The molecule has 1 aliphatic heterocycles. The second-order valence-electron chi connectivity index (χ2n) is 8.23. The third-order valence-corrected chi connectivity index (χ3v) is 9.14. The Morgan fingerprint density at radius 1 is 1.03 bits per heavy atom. The van der Waals surface area contributed by atoms with E-state index >= 15 is 0 Å². The van der Waals surface area contributed by atoms with Crippen molar-refractivity contribution in [2.75, 3.05) is 13.7 Å². The summed E-state index contributed by atoms with van der Waals surface area (Å²) < 4.78 is 36.3. The lowest BCUT2D eigenvalue weighted by atomic mass is 10.0. The van der Waals surface area contributed by atoms with Gasteiger partial charge in [-0.05, 0) is 60.9 Å². The van der Waals surface area contributed by atoms with E-state index in [-0.39, 0.29) is 4.90 Å². The molecule has 0 aliphatic carbocycles. The van der Waals surface area contributed by atoms with E-state index in [0.29, 0.717) is 36.4 Å². The van der Waals surface area contributed by atoms with Gasteiger partial charge in [-0.25, -0.2) is 8.42 Å². The molecule has 0 atom stereocenters. The normalized spacial score (nSPS) is 14.7. The lowest BCUT2D eigenvalue weighted by Crippen LogP contribution is -2.35. The maximum Gasteiger partial charge on any atom is 0.279 e. The number of hydrogen-bond acceptors (Lipinski definition) is 5. The Bertz CT molecular complexity index is 1590. The van der Waals surface area contributed by atoms with Crippen LogP contribution in [0, 0.1) is 0 Å². The van der Waals surface area contributed by atoms with Gasteiger partial charge < -0.3 is 9.30 Å². The van der Waals surface area contributed by atoms with Gasteiger partial charge in [-0.15, -0.1) is 0 Å². The number of rotatable bonds is 5. The highest BCUT2D eigenvalue weighted by molar-refractivity contribution is 7.89. The molecule has 0 saturated carbocycles. The number of hydrogen-bond donors (Lipinski definition) is 0. The van der Waals surface area contributed by atoms with Gasteiger partial charge in [0.05, 0.1) is 16.7 Å². The average Bonchev–Trinajstić information content (AvgIpc) is 3.25. The number of amides is 1. The first kappa shape index (κ1) is 23.5. The fourth-order valence-corrected chi connectivity index (χ4v) is 6.91. The Labute approximate surface area is 208 Å². The zero-order chi connectivity index (χ0) is 24.6. The molecule has 9 heteroatoms. The van der Waals surface area contributed by atoms with Gasteiger partial charge in [0.15, 0.2) is 4.80 Å². The number of benzene rings is 3. The summed E-state index contributed by atoms with van der Waals surface area (Å²) in [6, 6.07) is 19.7. The molecule has 0 radical (unpaired) electrons. The number of ether oxygens (including phenoxy) is 1. The van der Waals surface area contributed by atoms with E-state index < -0.39 is 15.9 Å². The molecule has 3 aromatic carbocycles. The van der Waals surface area contributed by atoms with Crippen molar-refractivity contribution in [2.45, 2.75) is 31.3 Å². The first-order chi connectivity index (χ1) is 16.9. The first-order valence-electron chi connectivity index (χ1n) is 11.3. The SMILES string of the molecule is CCn1c(=NC(=O)c2ccc(S(=O)(=O)N3CCc4ccccc4C3)cc2)sc2cccc(OC)c21. The van der Waals surface area contributed by atoms with E-state index in [4.69, 9.17) is 4.74 Å². The van der Waals surface area contributed by atoms with Gasteiger partial charge in [0.25, 0.3) is 5.91 Å². The molecule has 1 aliphatic rings. The molecule has 180 valence electrons. The van der Waals surface area contributed by atoms with Crippen molar-refractivity contribution in [1.29, 1.82) is 0 Å². The predicted octanol–water partition coefficient (Wildman–Crippen LogP) is 4.22. The van der Waals surface area contributed by atoms with Gasteiger partial charge in [-0.2, -0.15) is 9.30 Å². The number of aromatic nitrogens is 1. The largest absolute Gasteiger partial charge is 0.495 e. The first-order valence-corrected chi connectivity index (χ1v) is 13.6. The molecule has 1 aromatic heterocycles. The van der Waals surface area contributed by atoms with E-state index in [1.807, 2.05) is 54.0 Å². The smallest absolute Gasteiger partial charge is 0.279 e. The van der Waals surface area contributed by atoms with Crippen LogP contribution in [0.25, 0.3) is 10.2 Å². The highest BCUT2D eigenvalue weighted by Crippen LogP contribution is 2.28. The van der Waals surface area contributed by atoms with Crippen molar-refractivity contribution in [2.24, 2.45) is 4.99 Å². The molecule has 5 rings (SSSR count). The van der Waals surface area contributed by atoms with Gasteiger partial charge in [0.2, 0.25) is 10.0 Å². The summed E-state index contributed by atoms with van der Waals surface area (Å²) in [5.74, 6) is 0.304. The van der Waals surface area contributed by atoms with Crippen molar-refractivity contribution in [3.8, 4) is 5.75 Å². The summed E-state index contributed by atoms with van der Waals surface area (Å²) in [6.07, 6.45) is 0.683. The maximum absolute atomic E-state index is 13.2. The Morgan fingerprint density at radius 2 is 1.77 bits per heavy atom. The molecule has 0 fully saturated rings. The molecular formula is C26H25N3O4S2. The van der Waals surface area contributed by atoms with Crippen LogP contribution in [-0.2, 0) is 29.5 Å². The predicted molar refractivity (Wildman–Crippen MR) is 136 cm³/mol. The quantitative estimate of drug-likeness (QED) is 0.405. The van der Waals surface area contributed by atoms with Crippen LogP contribution in [0.4, 0.5) is 0 Å². The number of thiazole rings is 1. The molecule has 1 amide bonds. The van der Waals surface area contributed by atoms with Crippen LogP contribution in [0.1, 0.15) is 28.4 Å². The molecule has 0 N–H and O–H groups in total. The molecule has 0 bridgehead atoms. The Kier molecular flexibility index (Phi) is 6.31.